The van der Waals surface area contributed by atoms with Gasteiger partial charge in [-0.25, -0.2) is 4.79 Å². The monoisotopic (exact) mass is 441 g/mol. The molecule has 2 rings (SSSR count). The van der Waals surface area contributed by atoms with E-state index >= 15 is 0 Å². The van der Waals surface area contributed by atoms with Crippen LogP contribution in [0.15, 0.2) is 48.5 Å². The number of alkyl carbamates (subject to hydrolysis) is 1. The average molecular weight is 442 g/mol. The zero-order valence-electron chi connectivity index (χ0n) is 19.0. The highest BCUT2D eigenvalue weighted by molar-refractivity contribution is 5.91. The summed E-state index contributed by atoms with van der Waals surface area (Å²) in [4.78, 5) is 37.2. The number of likely N-dealkylation sites (N-methyl/N-ethyl adjacent to an activating group) is 1. The maximum Gasteiger partial charge on any atom is 0.408 e. The van der Waals surface area contributed by atoms with Gasteiger partial charge < -0.3 is 25.4 Å². The molecule has 0 saturated heterocycles. The highest BCUT2D eigenvalue weighted by atomic mass is 16.6. The lowest BCUT2D eigenvalue weighted by molar-refractivity contribution is -0.129. The Morgan fingerprint density at radius 2 is 1.72 bits per heavy atom. The molecular weight excluding hydrogens is 410 g/mol. The first-order chi connectivity index (χ1) is 15.1. The van der Waals surface area contributed by atoms with Crippen molar-refractivity contribution in [3.63, 3.8) is 0 Å². The Morgan fingerprint density at radius 1 is 1.03 bits per heavy atom. The van der Waals surface area contributed by atoms with E-state index in [1.165, 1.54) is 4.90 Å². The van der Waals surface area contributed by atoms with Crippen LogP contribution in [-0.4, -0.2) is 53.7 Å². The minimum absolute atomic E-state index is 0.0589. The van der Waals surface area contributed by atoms with Gasteiger partial charge in [-0.3, -0.25) is 9.59 Å². The van der Waals surface area contributed by atoms with E-state index in [0.29, 0.717) is 12.2 Å². The van der Waals surface area contributed by atoms with Gasteiger partial charge in [-0.05, 0) is 55.7 Å². The second-order valence-electron chi connectivity index (χ2n) is 8.40. The van der Waals surface area contributed by atoms with Crippen LogP contribution in [0.4, 0.5) is 10.5 Å². The Balaban J connectivity index is 1.95. The molecule has 172 valence electrons. The Bertz CT molecular complexity index is 935. The van der Waals surface area contributed by atoms with Crippen LogP contribution in [-0.2, 0) is 20.9 Å². The number of rotatable bonds is 8. The van der Waals surface area contributed by atoms with Crippen molar-refractivity contribution >= 4 is 23.6 Å². The molecular formula is C24H31N3O5. The summed E-state index contributed by atoms with van der Waals surface area (Å²) in [6.45, 7) is 5.33. The van der Waals surface area contributed by atoms with Crippen molar-refractivity contribution in [3.05, 3.63) is 54.1 Å². The van der Waals surface area contributed by atoms with Crippen molar-refractivity contribution in [2.24, 2.45) is 0 Å². The van der Waals surface area contributed by atoms with Crippen LogP contribution in [0.5, 0.6) is 0 Å². The minimum Gasteiger partial charge on any atom is -0.444 e. The number of aliphatic hydroxyl groups is 1. The molecule has 0 aliphatic carbocycles. The van der Waals surface area contributed by atoms with Crippen LogP contribution in [0, 0.1) is 0 Å². The predicted molar refractivity (Wildman–Crippen MR) is 123 cm³/mol. The van der Waals surface area contributed by atoms with Crippen LogP contribution in [0.25, 0.3) is 11.1 Å². The number of carbonyl (C=O) groups excluding carboxylic acids is 3. The number of nitrogens with one attached hydrogen (secondary N) is 2. The molecule has 8 nitrogen and oxygen atoms in total. The van der Waals surface area contributed by atoms with Gasteiger partial charge in [-0.15, -0.1) is 0 Å². The molecule has 0 unspecified atom stereocenters. The minimum atomic E-state index is -0.628. The molecule has 3 amide bonds. The standard InChI is InChI=1S/C24H31N3O5/c1-24(2,3)32-23(31)25-15-22(30)27(4)16-17-6-5-7-19(14-17)18-8-10-20(11-9-18)26-21(29)12-13-28/h5-11,14,28H,12-13,15-16H2,1-4H3,(H,25,31)(H,26,29). The predicted octanol–water partition coefficient (Wildman–Crippen LogP) is 3.16. The number of aliphatic hydroxyl groups excluding tert-OH is 1. The van der Waals surface area contributed by atoms with Crippen LogP contribution in [0.2, 0.25) is 0 Å². The lowest BCUT2D eigenvalue weighted by atomic mass is 10.0. The zero-order chi connectivity index (χ0) is 23.7. The second kappa shape index (κ2) is 11.3. The third-order valence-corrected chi connectivity index (χ3v) is 4.40. The number of anilines is 1. The van der Waals surface area contributed by atoms with E-state index in [1.807, 2.05) is 36.4 Å². The van der Waals surface area contributed by atoms with Crippen molar-refractivity contribution in [1.29, 1.82) is 0 Å². The van der Waals surface area contributed by atoms with Crippen molar-refractivity contribution in [2.75, 3.05) is 25.5 Å². The highest BCUT2D eigenvalue weighted by Gasteiger charge is 2.17. The molecule has 0 bridgehead atoms. The molecule has 32 heavy (non-hydrogen) atoms. The first-order valence-electron chi connectivity index (χ1n) is 10.4. The molecule has 0 heterocycles. The Kier molecular flexibility index (Phi) is 8.78. The summed E-state index contributed by atoms with van der Waals surface area (Å²) in [6, 6.07) is 15.2. The lowest BCUT2D eigenvalue weighted by Gasteiger charge is -2.21. The van der Waals surface area contributed by atoms with E-state index in [9.17, 15) is 14.4 Å². The fourth-order valence-electron chi connectivity index (χ4n) is 2.88. The number of hydrogen-bond donors (Lipinski definition) is 3. The largest absolute Gasteiger partial charge is 0.444 e. The maximum atomic E-state index is 12.3. The van der Waals surface area contributed by atoms with Crippen LogP contribution < -0.4 is 10.6 Å². The Hall–Kier alpha value is -3.39. The molecule has 0 fully saturated rings. The van der Waals surface area contributed by atoms with Gasteiger partial charge in [0.25, 0.3) is 0 Å². The van der Waals surface area contributed by atoms with Gasteiger partial charge in [0, 0.05) is 19.3 Å². The third-order valence-electron chi connectivity index (χ3n) is 4.40. The molecule has 0 saturated carbocycles. The number of benzene rings is 2. The first kappa shape index (κ1) is 24.9. The summed E-state index contributed by atoms with van der Waals surface area (Å²) in [5, 5.41) is 14.0. The molecule has 2 aromatic carbocycles. The molecule has 3 N–H and O–H groups in total. The number of carbonyl (C=O) groups is 3. The molecule has 0 atom stereocenters. The normalized spacial score (nSPS) is 10.9. The number of amides is 3. The summed E-state index contributed by atoms with van der Waals surface area (Å²) >= 11 is 0. The van der Waals surface area contributed by atoms with E-state index in [0.717, 1.165) is 16.7 Å². The van der Waals surface area contributed by atoms with E-state index < -0.39 is 11.7 Å². The van der Waals surface area contributed by atoms with Crippen molar-refractivity contribution in [1.82, 2.24) is 10.2 Å². The van der Waals surface area contributed by atoms with Crippen LogP contribution in [0.3, 0.4) is 0 Å². The van der Waals surface area contributed by atoms with Gasteiger partial charge in [0.1, 0.15) is 12.1 Å². The highest BCUT2D eigenvalue weighted by Crippen LogP contribution is 2.23. The van der Waals surface area contributed by atoms with E-state index in [4.69, 9.17) is 9.84 Å². The second-order valence-corrected chi connectivity index (χ2v) is 8.40. The molecule has 8 heteroatoms. The summed E-state index contributed by atoms with van der Waals surface area (Å²) in [5.74, 6) is -0.472. The molecule has 0 radical (unpaired) electrons. The van der Waals surface area contributed by atoms with Crippen LogP contribution >= 0.6 is 0 Å². The van der Waals surface area contributed by atoms with Crippen molar-refractivity contribution in [3.8, 4) is 11.1 Å². The quantitative estimate of drug-likeness (QED) is 0.583. The van der Waals surface area contributed by atoms with E-state index in [-0.39, 0.29) is 31.4 Å². The number of nitrogens with zero attached hydrogens (tertiary/aromatic N) is 1. The summed E-state index contributed by atoms with van der Waals surface area (Å²) < 4.78 is 5.14. The Labute approximate surface area is 188 Å². The number of hydrogen-bond acceptors (Lipinski definition) is 5. The van der Waals surface area contributed by atoms with Gasteiger partial charge in [0.05, 0.1) is 13.0 Å². The molecule has 0 aliphatic rings. The van der Waals surface area contributed by atoms with Crippen molar-refractivity contribution in [2.45, 2.75) is 39.3 Å². The third kappa shape index (κ3) is 8.39. The van der Waals surface area contributed by atoms with Gasteiger partial charge in [0.2, 0.25) is 11.8 Å². The maximum absolute atomic E-state index is 12.3. The topological polar surface area (TPSA) is 108 Å². The van der Waals surface area contributed by atoms with Crippen LogP contribution in [0.1, 0.15) is 32.8 Å². The molecule has 2 aromatic rings. The first-order valence-corrected chi connectivity index (χ1v) is 10.4. The molecule has 0 aliphatic heterocycles. The Morgan fingerprint density at radius 3 is 2.34 bits per heavy atom. The van der Waals surface area contributed by atoms with E-state index in [1.54, 1.807) is 40.0 Å². The molecule has 0 aromatic heterocycles. The summed E-state index contributed by atoms with van der Waals surface area (Å²) in [5.41, 5.74) is 2.92. The summed E-state index contributed by atoms with van der Waals surface area (Å²) in [7, 11) is 1.68. The number of ether oxygens (including phenoxy) is 1. The van der Waals surface area contributed by atoms with Gasteiger partial charge >= 0.3 is 6.09 Å². The summed E-state index contributed by atoms with van der Waals surface area (Å²) in [6.07, 6.45) is -0.569. The molecule has 0 spiro atoms. The van der Waals surface area contributed by atoms with E-state index in [2.05, 4.69) is 10.6 Å². The average Bonchev–Trinajstić information content (AvgIpc) is 2.71. The SMILES string of the molecule is CN(Cc1cccc(-c2ccc(NC(=O)CCO)cc2)c1)C(=O)CNC(=O)OC(C)(C)C. The van der Waals surface area contributed by atoms with Gasteiger partial charge in [0.15, 0.2) is 0 Å². The van der Waals surface area contributed by atoms with Gasteiger partial charge in [-0.1, -0.05) is 30.3 Å². The fraction of sp³-hybridized carbons (Fsp3) is 0.375. The smallest absolute Gasteiger partial charge is 0.408 e. The van der Waals surface area contributed by atoms with Gasteiger partial charge in [-0.2, -0.15) is 0 Å². The fourth-order valence-corrected chi connectivity index (χ4v) is 2.88. The van der Waals surface area contributed by atoms with Crippen molar-refractivity contribution < 1.29 is 24.2 Å². The lowest BCUT2D eigenvalue weighted by Crippen LogP contribution is -2.40. The zero-order valence-corrected chi connectivity index (χ0v) is 19.0.